The fraction of sp³-hybridized carbons (Fsp3) is 0.308. The normalized spacial score (nSPS) is 12.7. The Labute approximate surface area is 108 Å². The average Bonchev–Trinajstić information content (AvgIpc) is 2.70. The van der Waals surface area contributed by atoms with Crippen molar-refractivity contribution in [2.75, 3.05) is 0 Å². The van der Waals surface area contributed by atoms with Crippen LogP contribution in [0.3, 0.4) is 0 Å². The summed E-state index contributed by atoms with van der Waals surface area (Å²) in [6, 6.07) is 3.98. The number of thiazole rings is 1. The van der Waals surface area contributed by atoms with Crippen molar-refractivity contribution in [3.05, 3.63) is 51.5 Å². The Hall–Kier alpha value is -1.33. The molecule has 1 heterocycles. The molecule has 1 aromatic carbocycles. The second-order valence-electron chi connectivity index (χ2n) is 4.13. The van der Waals surface area contributed by atoms with Crippen LogP contribution in [0.1, 0.15) is 16.3 Å². The molecule has 0 aliphatic rings. The number of hydrogen-bond donors (Lipinski definition) is 1. The van der Waals surface area contributed by atoms with Gasteiger partial charge in [-0.2, -0.15) is 0 Å². The van der Waals surface area contributed by atoms with Crippen LogP contribution >= 0.6 is 11.3 Å². The van der Waals surface area contributed by atoms with Crippen molar-refractivity contribution in [3.8, 4) is 0 Å². The zero-order valence-electron chi connectivity index (χ0n) is 9.86. The van der Waals surface area contributed by atoms with Gasteiger partial charge < -0.3 is 5.11 Å². The van der Waals surface area contributed by atoms with Crippen LogP contribution in [0.25, 0.3) is 0 Å². The lowest BCUT2D eigenvalue weighted by molar-refractivity contribution is 0.173. The van der Waals surface area contributed by atoms with Gasteiger partial charge >= 0.3 is 0 Å². The van der Waals surface area contributed by atoms with Gasteiger partial charge in [0.1, 0.15) is 0 Å². The lowest BCUT2D eigenvalue weighted by atomic mass is 10.0. The summed E-state index contributed by atoms with van der Waals surface area (Å²) in [6.45, 7) is 1.88. The number of nitrogens with zero attached hydrogens (tertiary/aromatic N) is 1. The Balaban J connectivity index is 2.03. The molecule has 1 unspecified atom stereocenters. The minimum Gasteiger partial charge on any atom is -0.392 e. The van der Waals surface area contributed by atoms with Crippen molar-refractivity contribution in [1.82, 2.24) is 4.98 Å². The summed E-state index contributed by atoms with van der Waals surface area (Å²) < 4.78 is 26.4. The first-order valence-electron chi connectivity index (χ1n) is 5.58. The fourth-order valence-electron chi connectivity index (χ4n) is 1.78. The van der Waals surface area contributed by atoms with Crippen LogP contribution in [0, 0.1) is 18.6 Å². The number of aliphatic hydroxyl groups excluding tert-OH is 1. The van der Waals surface area contributed by atoms with Crippen molar-refractivity contribution in [1.29, 1.82) is 0 Å². The second kappa shape index (κ2) is 5.54. The third kappa shape index (κ3) is 3.11. The Morgan fingerprint density at radius 2 is 2.11 bits per heavy atom. The van der Waals surface area contributed by atoms with E-state index < -0.39 is 17.7 Å². The summed E-state index contributed by atoms with van der Waals surface area (Å²) in [7, 11) is 0. The van der Waals surface area contributed by atoms with Crippen molar-refractivity contribution in [2.45, 2.75) is 25.9 Å². The molecule has 2 nitrogen and oxygen atoms in total. The van der Waals surface area contributed by atoms with Crippen LogP contribution in [-0.2, 0) is 12.8 Å². The molecule has 96 valence electrons. The van der Waals surface area contributed by atoms with Crippen LogP contribution in [0.2, 0.25) is 0 Å². The summed E-state index contributed by atoms with van der Waals surface area (Å²) in [5.41, 5.74) is 0.969. The minimum absolute atomic E-state index is 0.0835. The Kier molecular flexibility index (Phi) is 4.04. The molecular weight excluding hydrogens is 256 g/mol. The van der Waals surface area contributed by atoms with Gasteiger partial charge in [0, 0.05) is 18.2 Å². The van der Waals surface area contributed by atoms with Crippen LogP contribution in [0.5, 0.6) is 0 Å². The topological polar surface area (TPSA) is 33.1 Å². The lowest BCUT2D eigenvalue weighted by Crippen LogP contribution is -2.15. The van der Waals surface area contributed by atoms with Gasteiger partial charge in [-0.15, -0.1) is 11.3 Å². The highest BCUT2D eigenvalue weighted by molar-refractivity contribution is 7.09. The van der Waals surface area contributed by atoms with Gasteiger partial charge in [-0.1, -0.05) is 12.1 Å². The van der Waals surface area contributed by atoms with E-state index in [1.807, 2.05) is 12.3 Å². The second-order valence-corrected chi connectivity index (χ2v) is 5.20. The van der Waals surface area contributed by atoms with Gasteiger partial charge in [-0.25, -0.2) is 13.8 Å². The Bertz CT molecular complexity index is 542. The smallest absolute Gasteiger partial charge is 0.162 e. The fourth-order valence-corrected chi connectivity index (χ4v) is 2.40. The van der Waals surface area contributed by atoms with E-state index in [1.54, 1.807) is 0 Å². The van der Waals surface area contributed by atoms with Crippen molar-refractivity contribution in [3.63, 3.8) is 0 Å². The van der Waals surface area contributed by atoms with E-state index >= 15 is 0 Å². The first kappa shape index (κ1) is 13.1. The Morgan fingerprint density at radius 1 is 1.33 bits per heavy atom. The monoisotopic (exact) mass is 269 g/mol. The SMILES string of the molecule is Cc1nc(CC(O)Cc2cccc(F)c2F)cs1. The highest BCUT2D eigenvalue weighted by Crippen LogP contribution is 2.16. The van der Waals surface area contributed by atoms with Gasteiger partial charge in [0.15, 0.2) is 11.6 Å². The van der Waals surface area contributed by atoms with Gasteiger partial charge in [0.25, 0.3) is 0 Å². The number of aromatic nitrogens is 1. The van der Waals surface area contributed by atoms with Crippen molar-refractivity contribution < 1.29 is 13.9 Å². The minimum atomic E-state index is -0.885. The molecule has 1 N–H and O–H groups in total. The van der Waals surface area contributed by atoms with E-state index in [9.17, 15) is 13.9 Å². The largest absolute Gasteiger partial charge is 0.392 e. The van der Waals surface area contributed by atoms with E-state index in [1.165, 1.54) is 23.5 Å². The summed E-state index contributed by atoms with van der Waals surface area (Å²) in [6.07, 6.45) is -0.330. The number of hydrogen-bond acceptors (Lipinski definition) is 3. The Morgan fingerprint density at radius 3 is 2.78 bits per heavy atom. The quantitative estimate of drug-likeness (QED) is 0.925. The molecule has 0 saturated carbocycles. The maximum Gasteiger partial charge on any atom is 0.162 e. The van der Waals surface area contributed by atoms with Crippen LogP contribution in [0.15, 0.2) is 23.6 Å². The first-order valence-corrected chi connectivity index (χ1v) is 6.46. The van der Waals surface area contributed by atoms with E-state index in [4.69, 9.17) is 0 Å². The third-order valence-electron chi connectivity index (χ3n) is 2.60. The highest BCUT2D eigenvalue weighted by atomic mass is 32.1. The number of aryl methyl sites for hydroxylation is 1. The molecule has 2 aromatic rings. The number of aliphatic hydroxyl groups is 1. The molecule has 18 heavy (non-hydrogen) atoms. The van der Waals surface area contributed by atoms with E-state index in [-0.39, 0.29) is 12.0 Å². The average molecular weight is 269 g/mol. The van der Waals surface area contributed by atoms with Crippen LogP contribution in [0.4, 0.5) is 8.78 Å². The molecule has 0 aliphatic heterocycles. The molecule has 2 rings (SSSR count). The zero-order chi connectivity index (χ0) is 13.1. The molecule has 0 saturated heterocycles. The molecule has 0 bridgehead atoms. The third-order valence-corrected chi connectivity index (χ3v) is 3.42. The predicted molar refractivity (Wildman–Crippen MR) is 66.6 cm³/mol. The van der Waals surface area contributed by atoms with Gasteiger partial charge in [0.05, 0.1) is 16.8 Å². The van der Waals surface area contributed by atoms with Gasteiger partial charge in [-0.3, -0.25) is 0 Å². The highest BCUT2D eigenvalue weighted by Gasteiger charge is 2.14. The first-order chi connectivity index (χ1) is 8.56. The summed E-state index contributed by atoms with van der Waals surface area (Å²) in [5.74, 6) is -1.77. The molecule has 1 atom stereocenters. The molecule has 5 heteroatoms. The molecular formula is C13H13F2NOS. The maximum atomic E-state index is 13.4. The predicted octanol–water partition coefficient (Wildman–Crippen LogP) is 2.88. The van der Waals surface area contributed by atoms with Crippen molar-refractivity contribution in [2.24, 2.45) is 0 Å². The van der Waals surface area contributed by atoms with Gasteiger partial charge in [0.2, 0.25) is 0 Å². The molecule has 0 radical (unpaired) electrons. The maximum absolute atomic E-state index is 13.4. The molecule has 0 spiro atoms. The number of rotatable bonds is 4. The van der Waals surface area contributed by atoms with Crippen molar-refractivity contribution >= 4 is 11.3 Å². The number of benzene rings is 1. The summed E-state index contributed by atoms with van der Waals surface area (Å²) >= 11 is 1.50. The standard InChI is InChI=1S/C13H13F2NOS/c1-8-16-10(7-18-8)6-11(17)5-9-3-2-4-12(14)13(9)15/h2-4,7,11,17H,5-6H2,1H3. The molecule has 0 fully saturated rings. The van der Waals surface area contributed by atoms with E-state index in [0.717, 1.165) is 16.8 Å². The van der Waals surface area contributed by atoms with Crippen LogP contribution < -0.4 is 0 Å². The zero-order valence-corrected chi connectivity index (χ0v) is 10.7. The van der Waals surface area contributed by atoms with Crippen LogP contribution in [-0.4, -0.2) is 16.2 Å². The lowest BCUT2D eigenvalue weighted by Gasteiger charge is -2.10. The van der Waals surface area contributed by atoms with E-state index in [2.05, 4.69) is 4.98 Å². The summed E-state index contributed by atoms with van der Waals surface area (Å²) in [5, 5.41) is 12.6. The van der Waals surface area contributed by atoms with Gasteiger partial charge in [-0.05, 0) is 18.6 Å². The van der Waals surface area contributed by atoms with E-state index in [0.29, 0.717) is 6.42 Å². The summed E-state index contributed by atoms with van der Waals surface area (Å²) in [4.78, 5) is 4.22. The number of halogens is 2. The molecule has 1 aromatic heterocycles. The molecule has 0 aliphatic carbocycles. The molecule has 0 amide bonds.